The molecule has 1 N–H and O–H groups in total. The van der Waals surface area contributed by atoms with E-state index in [-0.39, 0.29) is 10.5 Å². The van der Waals surface area contributed by atoms with Crippen molar-refractivity contribution >= 4 is 27.4 Å². The molecule has 0 heterocycles. The lowest BCUT2D eigenvalue weighted by molar-refractivity contribution is -0.119. The fourth-order valence-corrected chi connectivity index (χ4v) is 3.06. The molecule has 0 aliphatic rings. The smallest absolute Gasteiger partial charge is 0.338 e. The number of sulfone groups is 1. The predicted molar refractivity (Wildman–Crippen MR) is 104 cm³/mol. The average molecular weight is 389 g/mol. The van der Waals surface area contributed by atoms with E-state index in [1.165, 1.54) is 29.8 Å². The van der Waals surface area contributed by atoms with Crippen molar-refractivity contribution in [1.29, 1.82) is 0 Å². The number of amides is 1. The van der Waals surface area contributed by atoms with E-state index in [2.05, 4.69) is 19.2 Å². The van der Waals surface area contributed by atoms with Crippen molar-refractivity contribution in [2.45, 2.75) is 31.1 Å². The fourth-order valence-electron chi connectivity index (χ4n) is 2.40. The molecule has 0 bridgehead atoms. The van der Waals surface area contributed by atoms with Crippen LogP contribution in [0.2, 0.25) is 0 Å². The highest BCUT2D eigenvalue weighted by Crippen LogP contribution is 2.20. The lowest BCUT2D eigenvalue weighted by Gasteiger charge is -2.11. The highest BCUT2D eigenvalue weighted by molar-refractivity contribution is 7.90. The minimum atomic E-state index is -3.43. The van der Waals surface area contributed by atoms with Gasteiger partial charge in [0.15, 0.2) is 16.4 Å². The van der Waals surface area contributed by atoms with Crippen LogP contribution in [0, 0.1) is 0 Å². The second kappa shape index (κ2) is 8.81. The Bertz CT molecular complexity index is 920. The van der Waals surface area contributed by atoms with Crippen molar-refractivity contribution < 1.29 is 22.7 Å². The van der Waals surface area contributed by atoms with Gasteiger partial charge in [-0.15, -0.1) is 0 Å². The first-order valence-electron chi connectivity index (χ1n) is 8.57. The summed E-state index contributed by atoms with van der Waals surface area (Å²) in [5.74, 6) is -0.792. The topological polar surface area (TPSA) is 89.5 Å². The zero-order valence-corrected chi connectivity index (χ0v) is 16.4. The van der Waals surface area contributed by atoms with Crippen molar-refractivity contribution in [2.24, 2.45) is 0 Å². The highest BCUT2D eigenvalue weighted by Gasteiger charge is 2.14. The van der Waals surface area contributed by atoms with Gasteiger partial charge in [0.05, 0.1) is 10.5 Å². The number of rotatable bonds is 7. The van der Waals surface area contributed by atoms with E-state index < -0.39 is 28.3 Å². The number of hydrogen-bond acceptors (Lipinski definition) is 5. The molecule has 0 aliphatic carbocycles. The third-order valence-corrected chi connectivity index (χ3v) is 5.32. The molecule has 7 heteroatoms. The quantitative estimate of drug-likeness (QED) is 0.733. The Kier molecular flexibility index (Phi) is 6.74. The molecule has 0 fully saturated rings. The number of ether oxygens (including phenoxy) is 1. The van der Waals surface area contributed by atoms with Gasteiger partial charge in [-0.05, 0) is 48.2 Å². The molecule has 2 aromatic carbocycles. The lowest BCUT2D eigenvalue weighted by Crippen LogP contribution is -2.21. The number of esters is 1. The van der Waals surface area contributed by atoms with Crippen molar-refractivity contribution in [3.05, 3.63) is 59.7 Å². The molecule has 6 nitrogen and oxygen atoms in total. The van der Waals surface area contributed by atoms with Gasteiger partial charge in [0, 0.05) is 11.9 Å². The average Bonchev–Trinajstić information content (AvgIpc) is 2.65. The molecule has 0 saturated carbocycles. The SMILES string of the molecule is CC[C@H](C)c1ccc(NC(=O)COC(=O)c2cccc(S(C)(=O)=O)c2)cc1. The summed E-state index contributed by atoms with van der Waals surface area (Å²) in [4.78, 5) is 24.0. The van der Waals surface area contributed by atoms with E-state index >= 15 is 0 Å². The van der Waals surface area contributed by atoms with Gasteiger partial charge >= 0.3 is 5.97 Å². The van der Waals surface area contributed by atoms with Gasteiger partial charge in [-0.25, -0.2) is 13.2 Å². The summed E-state index contributed by atoms with van der Waals surface area (Å²) in [5, 5.41) is 2.66. The maximum atomic E-state index is 12.0. The molecule has 0 radical (unpaired) electrons. The monoisotopic (exact) mass is 389 g/mol. The third-order valence-electron chi connectivity index (χ3n) is 4.21. The summed E-state index contributed by atoms with van der Waals surface area (Å²) in [5.41, 5.74) is 1.87. The maximum Gasteiger partial charge on any atom is 0.338 e. The fraction of sp³-hybridized carbons (Fsp3) is 0.300. The number of benzene rings is 2. The Morgan fingerprint density at radius 1 is 1.11 bits per heavy atom. The van der Waals surface area contributed by atoms with E-state index in [1.807, 2.05) is 12.1 Å². The van der Waals surface area contributed by atoms with E-state index in [1.54, 1.807) is 12.1 Å². The van der Waals surface area contributed by atoms with Crippen LogP contribution in [0.1, 0.15) is 42.1 Å². The molecule has 0 aromatic heterocycles. The van der Waals surface area contributed by atoms with Crippen molar-refractivity contribution in [3.8, 4) is 0 Å². The Labute approximate surface area is 159 Å². The van der Waals surface area contributed by atoms with E-state index in [0.717, 1.165) is 12.7 Å². The van der Waals surface area contributed by atoms with Gasteiger partial charge in [0.1, 0.15) is 0 Å². The number of hydrogen-bond donors (Lipinski definition) is 1. The normalized spacial score (nSPS) is 12.3. The van der Waals surface area contributed by atoms with Gasteiger partial charge in [-0.2, -0.15) is 0 Å². The summed E-state index contributed by atoms with van der Waals surface area (Å²) in [6.45, 7) is 3.78. The summed E-state index contributed by atoms with van der Waals surface area (Å²) < 4.78 is 28.1. The van der Waals surface area contributed by atoms with E-state index in [0.29, 0.717) is 11.6 Å². The highest BCUT2D eigenvalue weighted by atomic mass is 32.2. The van der Waals surface area contributed by atoms with Gasteiger partial charge in [-0.3, -0.25) is 4.79 Å². The van der Waals surface area contributed by atoms with Crippen LogP contribution in [-0.2, 0) is 19.4 Å². The van der Waals surface area contributed by atoms with Crippen LogP contribution in [0.4, 0.5) is 5.69 Å². The van der Waals surface area contributed by atoms with Crippen LogP contribution in [-0.4, -0.2) is 33.2 Å². The van der Waals surface area contributed by atoms with Crippen LogP contribution in [0.3, 0.4) is 0 Å². The van der Waals surface area contributed by atoms with Crippen LogP contribution >= 0.6 is 0 Å². The molecule has 0 saturated heterocycles. The Morgan fingerprint density at radius 2 is 1.78 bits per heavy atom. The number of nitrogens with one attached hydrogen (secondary N) is 1. The van der Waals surface area contributed by atoms with Crippen LogP contribution in [0.25, 0.3) is 0 Å². The van der Waals surface area contributed by atoms with Gasteiger partial charge < -0.3 is 10.1 Å². The molecule has 0 spiro atoms. The molecule has 144 valence electrons. The molecule has 27 heavy (non-hydrogen) atoms. The third kappa shape index (κ3) is 5.92. The van der Waals surface area contributed by atoms with Gasteiger partial charge in [-0.1, -0.05) is 32.0 Å². The van der Waals surface area contributed by atoms with Crippen LogP contribution in [0.5, 0.6) is 0 Å². The Balaban J connectivity index is 1.93. The second-order valence-corrected chi connectivity index (χ2v) is 8.37. The summed E-state index contributed by atoms with van der Waals surface area (Å²) >= 11 is 0. The second-order valence-electron chi connectivity index (χ2n) is 6.36. The molecular formula is C20H23NO5S. The van der Waals surface area contributed by atoms with E-state index in [4.69, 9.17) is 4.74 Å². The molecule has 2 aromatic rings. The summed E-state index contributed by atoms with van der Waals surface area (Å²) in [7, 11) is -3.43. The molecular weight excluding hydrogens is 366 g/mol. The predicted octanol–water partition coefficient (Wildman–Crippen LogP) is 3.40. The lowest BCUT2D eigenvalue weighted by atomic mass is 9.99. The zero-order valence-electron chi connectivity index (χ0n) is 15.6. The molecule has 1 amide bonds. The van der Waals surface area contributed by atoms with Crippen molar-refractivity contribution in [1.82, 2.24) is 0 Å². The number of carbonyl (C=O) groups excluding carboxylic acids is 2. The zero-order chi connectivity index (χ0) is 20.0. The Morgan fingerprint density at radius 3 is 2.37 bits per heavy atom. The number of anilines is 1. The summed E-state index contributed by atoms with van der Waals surface area (Å²) in [6.07, 6.45) is 2.08. The van der Waals surface area contributed by atoms with Gasteiger partial charge in [0.2, 0.25) is 0 Å². The van der Waals surface area contributed by atoms with Gasteiger partial charge in [0.25, 0.3) is 5.91 Å². The molecule has 1 atom stereocenters. The number of carbonyl (C=O) groups is 2. The first kappa shape index (κ1) is 20.6. The van der Waals surface area contributed by atoms with Crippen LogP contribution in [0.15, 0.2) is 53.4 Å². The minimum Gasteiger partial charge on any atom is -0.452 e. The van der Waals surface area contributed by atoms with Crippen molar-refractivity contribution in [3.63, 3.8) is 0 Å². The molecule has 0 unspecified atom stereocenters. The van der Waals surface area contributed by atoms with Crippen molar-refractivity contribution in [2.75, 3.05) is 18.2 Å². The van der Waals surface area contributed by atoms with E-state index in [9.17, 15) is 18.0 Å². The Hall–Kier alpha value is -2.67. The molecule has 2 rings (SSSR count). The van der Waals surface area contributed by atoms with Crippen LogP contribution < -0.4 is 5.32 Å². The first-order chi connectivity index (χ1) is 12.7. The minimum absolute atomic E-state index is 0.0165. The largest absolute Gasteiger partial charge is 0.452 e. The summed E-state index contributed by atoms with van der Waals surface area (Å²) in [6, 6.07) is 13.0. The maximum absolute atomic E-state index is 12.0. The standard InChI is InChI=1S/C20H23NO5S/c1-4-14(2)15-8-10-17(11-9-15)21-19(22)13-26-20(23)16-6-5-7-18(12-16)27(3,24)25/h5-12,14H,4,13H2,1-3H3,(H,21,22)/t14-/m0/s1. The molecule has 0 aliphatic heterocycles. The first-order valence-corrected chi connectivity index (χ1v) is 10.5.